The largest absolute Gasteiger partial charge is 0.497 e. The minimum atomic E-state index is -0.130. The highest BCUT2D eigenvalue weighted by atomic mass is 16.5. The predicted octanol–water partition coefficient (Wildman–Crippen LogP) is 3.27. The molecule has 110 valence electrons. The molecule has 2 aromatic carbocycles. The van der Waals surface area contributed by atoms with Crippen LogP contribution < -0.4 is 10.1 Å². The number of benzene rings is 2. The Morgan fingerprint density at radius 3 is 2.55 bits per heavy atom. The first-order valence-electron chi connectivity index (χ1n) is 6.99. The van der Waals surface area contributed by atoms with E-state index in [4.69, 9.17) is 4.74 Å². The summed E-state index contributed by atoms with van der Waals surface area (Å²) in [5, 5.41) is 3.49. The van der Waals surface area contributed by atoms with Crippen molar-refractivity contribution in [3.8, 4) is 17.0 Å². The molecule has 0 unspecified atom stereocenters. The van der Waals surface area contributed by atoms with Gasteiger partial charge in [-0.25, -0.2) is 4.98 Å². The molecule has 0 saturated heterocycles. The van der Waals surface area contributed by atoms with Crippen LogP contribution in [0.5, 0.6) is 5.75 Å². The lowest BCUT2D eigenvalue weighted by Gasteiger charge is -2.10. The van der Waals surface area contributed by atoms with Gasteiger partial charge in [0.1, 0.15) is 5.75 Å². The molecule has 0 radical (unpaired) electrons. The van der Waals surface area contributed by atoms with E-state index in [0.29, 0.717) is 11.3 Å². The molecule has 0 bridgehead atoms. The van der Waals surface area contributed by atoms with E-state index in [0.717, 1.165) is 22.2 Å². The summed E-state index contributed by atoms with van der Waals surface area (Å²) in [5.74, 6) is 0.586. The van der Waals surface area contributed by atoms with Crippen molar-refractivity contribution in [3.05, 3.63) is 60.2 Å². The molecule has 0 aliphatic heterocycles. The number of methoxy groups -OCH3 is 1. The minimum absolute atomic E-state index is 0.130. The third-order valence-corrected chi connectivity index (χ3v) is 3.56. The Kier molecular flexibility index (Phi) is 3.74. The number of hydrogen-bond acceptors (Lipinski definition) is 3. The number of rotatable bonds is 3. The Hall–Kier alpha value is -2.88. The molecule has 0 fully saturated rings. The molecule has 1 N–H and O–H groups in total. The van der Waals surface area contributed by atoms with Crippen LogP contribution in [-0.4, -0.2) is 25.0 Å². The average molecular weight is 292 g/mol. The first kappa shape index (κ1) is 14.1. The first-order chi connectivity index (χ1) is 10.7. The monoisotopic (exact) mass is 292 g/mol. The topological polar surface area (TPSA) is 51.2 Å². The van der Waals surface area contributed by atoms with Gasteiger partial charge < -0.3 is 10.1 Å². The predicted molar refractivity (Wildman–Crippen MR) is 87.1 cm³/mol. The molecule has 0 aliphatic rings. The second-order valence-electron chi connectivity index (χ2n) is 4.88. The summed E-state index contributed by atoms with van der Waals surface area (Å²) < 4.78 is 5.25. The van der Waals surface area contributed by atoms with Gasteiger partial charge in [0.2, 0.25) is 0 Å². The number of fused-ring (bicyclic) bond motifs is 1. The maximum atomic E-state index is 12.2. The van der Waals surface area contributed by atoms with E-state index < -0.39 is 0 Å². The second-order valence-corrected chi connectivity index (χ2v) is 4.88. The van der Waals surface area contributed by atoms with Gasteiger partial charge in [0, 0.05) is 24.1 Å². The van der Waals surface area contributed by atoms with Crippen LogP contribution in [0.2, 0.25) is 0 Å². The Balaban J connectivity index is 2.28. The van der Waals surface area contributed by atoms with Crippen LogP contribution in [0.3, 0.4) is 0 Å². The van der Waals surface area contributed by atoms with E-state index in [-0.39, 0.29) is 5.91 Å². The van der Waals surface area contributed by atoms with E-state index in [2.05, 4.69) is 10.3 Å². The normalized spacial score (nSPS) is 10.5. The second kappa shape index (κ2) is 5.85. The lowest BCUT2D eigenvalue weighted by Crippen LogP contribution is -2.18. The summed E-state index contributed by atoms with van der Waals surface area (Å²) in [4.78, 5) is 16.9. The summed E-state index contributed by atoms with van der Waals surface area (Å²) in [6.07, 6.45) is 0. The van der Waals surface area contributed by atoms with Gasteiger partial charge in [0.25, 0.3) is 5.91 Å². The zero-order valence-corrected chi connectivity index (χ0v) is 12.5. The maximum absolute atomic E-state index is 12.2. The van der Waals surface area contributed by atoms with E-state index in [1.54, 1.807) is 14.2 Å². The first-order valence-corrected chi connectivity index (χ1v) is 6.99. The molecule has 4 nitrogen and oxygen atoms in total. The van der Waals surface area contributed by atoms with Crippen LogP contribution in [0.15, 0.2) is 54.6 Å². The molecule has 0 aliphatic carbocycles. The van der Waals surface area contributed by atoms with E-state index >= 15 is 0 Å². The number of pyridine rings is 1. The Morgan fingerprint density at radius 1 is 1.09 bits per heavy atom. The van der Waals surface area contributed by atoms with Gasteiger partial charge in [-0.15, -0.1) is 0 Å². The van der Waals surface area contributed by atoms with Crippen molar-refractivity contribution >= 4 is 16.8 Å². The highest BCUT2D eigenvalue weighted by Gasteiger charge is 2.13. The quantitative estimate of drug-likeness (QED) is 0.806. The number of hydrogen-bond donors (Lipinski definition) is 1. The number of carbonyl (C=O) groups excluding carboxylic acids is 1. The molecule has 3 aromatic rings. The van der Waals surface area contributed by atoms with Crippen LogP contribution in [-0.2, 0) is 0 Å². The molecular formula is C18H16N2O2. The fraction of sp³-hybridized carbons (Fsp3) is 0.111. The van der Waals surface area contributed by atoms with Crippen molar-refractivity contribution < 1.29 is 9.53 Å². The van der Waals surface area contributed by atoms with Gasteiger partial charge in [-0.2, -0.15) is 0 Å². The van der Waals surface area contributed by atoms with Gasteiger partial charge in [-0.1, -0.05) is 30.3 Å². The number of carbonyl (C=O) groups is 1. The Labute approximate surface area is 128 Å². The molecule has 0 spiro atoms. The fourth-order valence-electron chi connectivity index (χ4n) is 2.41. The van der Waals surface area contributed by atoms with Crippen LogP contribution in [0.4, 0.5) is 0 Å². The average Bonchev–Trinajstić information content (AvgIpc) is 2.60. The summed E-state index contributed by atoms with van der Waals surface area (Å²) in [7, 11) is 3.24. The van der Waals surface area contributed by atoms with Gasteiger partial charge in [0.05, 0.1) is 23.9 Å². The van der Waals surface area contributed by atoms with Crippen molar-refractivity contribution in [2.75, 3.05) is 14.2 Å². The van der Waals surface area contributed by atoms with Crippen molar-refractivity contribution in [2.24, 2.45) is 0 Å². The van der Waals surface area contributed by atoms with E-state index in [1.165, 1.54) is 0 Å². The van der Waals surface area contributed by atoms with E-state index in [9.17, 15) is 4.79 Å². The van der Waals surface area contributed by atoms with Crippen LogP contribution in [0, 0.1) is 0 Å². The van der Waals surface area contributed by atoms with Crippen molar-refractivity contribution in [3.63, 3.8) is 0 Å². The molecule has 3 rings (SSSR count). The molecule has 4 heteroatoms. The van der Waals surface area contributed by atoms with Crippen LogP contribution in [0.25, 0.3) is 22.2 Å². The summed E-state index contributed by atoms with van der Waals surface area (Å²) in [5.41, 5.74) is 3.07. The highest BCUT2D eigenvalue weighted by molar-refractivity contribution is 6.07. The molecule has 1 amide bonds. The summed E-state index contributed by atoms with van der Waals surface area (Å²) in [6, 6.07) is 17.2. The standard InChI is InChI=1S/C18H16N2O2/c1-19-18(21)15-11-16(12-6-4-3-5-7-12)20-17-10-13(22-2)8-9-14(15)17/h3-11H,1-2H3,(H,19,21). The number of nitrogens with zero attached hydrogens (tertiary/aromatic N) is 1. The van der Waals surface area contributed by atoms with Gasteiger partial charge in [-0.3, -0.25) is 4.79 Å². The summed E-state index contributed by atoms with van der Waals surface area (Å²) >= 11 is 0. The zero-order chi connectivity index (χ0) is 15.5. The lowest BCUT2D eigenvalue weighted by atomic mass is 10.0. The molecule has 0 atom stereocenters. The smallest absolute Gasteiger partial charge is 0.251 e. The lowest BCUT2D eigenvalue weighted by molar-refractivity contribution is 0.0964. The number of aromatic nitrogens is 1. The van der Waals surface area contributed by atoms with Gasteiger partial charge >= 0.3 is 0 Å². The molecule has 1 aromatic heterocycles. The van der Waals surface area contributed by atoms with Gasteiger partial charge in [-0.05, 0) is 18.2 Å². The number of ether oxygens (including phenoxy) is 1. The zero-order valence-electron chi connectivity index (χ0n) is 12.5. The molecule has 0 saturated carbocycles. The third kappa shape index (κ3) is 2.51. The minimum Gasteiger partial charge on any atom is -0.497 e. The van der Waals surface area contributed by atoms with Crippen molar-refractivity contribution in [1.29, 1.82) is 0 Å². The fourth-order valence-corrected chi connectivity index (χ4v) is 2.41. The molecule has 1 heterocycles. The van der Waals surface area contributed by atoms with Crippen molar-refractivity contribution in [2.45, 2.75) is 0 Å². The maximum Gasteiger partial charge on any atom is 0.251 e. The Bertz CT molecular complexity index is 829. The summed E-state index contributed by atoms with van der Waals surface area (Å²) in [6.45, 7) is 0. The van der Waals surface area contributed by atoms with E-state index in [1.807, 2.05) is 54.6 Å². The molecular weight excluding hydrogens is 276 g/mol. The molecule has 22 heavy (non-hydrogen) atoms. The third-order valence-electron chi connectivity index (χ3n) is 3.56. The van der Waals surface area contributed by atoms with Crippen molar-refractivity contribution in [1.82, 2.24) is 10.3 Å². The van der Waals surface area contributed by atoms with Crippen LogP contribution in [0.1, 0.15) is 10.4 Å². The SMILES string of the molecule is CNC(=O)c1cc(-c2ccccc2)nc2cc(OC)ccc12. The number of amides is 1. The Morgan fingerprint density at radius 2 is 1.86 bits per heavy atom. The number of nitrogens with one attached hydrogen (secondary N) is 1. The van der Waals surface area contributed by atoms with Gasteiger partial charge in [0.15, 0.2) is 0 Å². The van der Waals surface area contributed by atoms with Crippen LogP contribution >= 0.6 is 0 Å². The highest BCUT2D eigenvalue weighted by Crippen LogP contribution is 2.27.